The van der Waals surface area contributed by atoms with Crippen LogP contribution in [0.5, 0.6) is 0 Å². The molecule has 0 atom stereocenters. The van der Waals surface area contributed by atoms with Gasteiger partial charge in [-0.1, -0.05) is 19.3 Å². The first kappa shape index (κ1) is 11.0. The molecule has 1 N–H and O–H groups in total. The van der Waals surface area contributed by atoms with Crippen molar-refractivity contribution in [2.75, 3.05) is 26.2 Å². The van der Waals surface area contributed by atoms with Crippen LogP contribution in [-0.4, -0.2) is 36.6 Å². The Kier molecular flexibility index (Phi) is 2.75. The van der Waals surface area contributed by atoms with Gasteiger partial charge in [0.15, 0.2) is 0 Å². The van der Waals surface area contributed by atoms with Crippen molar-refractivity contribution in [3.05, 3.63) is 0 Å². The molecule has 0 unspecified atom stereocenters. The van der Waals surface area contributed by atoms with Gasteiger partial charge in [0.05, 0.1) is 0 Å². The molecule has 0 radical (unpaired) electrons. The molecule has 2 saturated heterocycles. The van der Waals surface area contributed by atoms with Gasteiger partial charge in [-0.3, -0.25) is 4.90 Å². The zero-order chi connectivity index (χ0) is 11.1. The van der Waals surface area contributed by atoms with Gasteiger partial charge in [0.2, 0.25) is 0 Å². The van der Waals surface area contributed by atoms with Gasteiger partial charge in [0.1, 0.15) is 0 Å². The predicted molar refractivity (Wildman–Crippen MR) is 67.6 cm³/mol. The van der Waals surface area contributed by atoms with E-state index in [4.69, 9.17) is 0 Å². The van der Waals surface area contributed by atoms with Crippen molar-refractivity contribution >= 4 is 0 Å². The second kappa shape index (κ2) is 3.99. The van der Waals surface area contributed by atoms with Crippen molar-refractivity contribution in [1.29, 1.82) is 0 Å². The monoisotopic (exact) mass is 222 g/mol. The maximum absolute atomic E-state index is 3.49. The van der Waals surface area contributed by atoms with E-state index in [0.717, 1.165) is 5.41 Å². The van der Waals surface area contributed by atoms with Crippen molar-refractivity contribution in [1.82, 2.24) is 10.2 Å². The number of piperidine rings is 1. The number of nitrogens with zero attached hydrogens (tertiary/aromatic N) is 1. The van der Waals surface area contributed by atoms with Crippen LogP contribution in [-0.2, 0) is 0 Å². The number of hydrogen-bond acceptors (Lipinski definition) is 2. The Balaban J connectivity index is 1.59. The van der Waals surface area contributed by atoms with E-state index in [9.17, 15) is 0 Å². The van der Waals surface area contributed by atoms with Crippen LogP contribution >= 0.6 is 0 Å². The molecule has 0 aromatic rings. The number of likely N-dealkylation sites (tertiary alicyclic amines) is 1. The number of nitrogens with one attached hydrogen (secondary N) is 1. The van der Waals surface area contributed by atoms with Crippen molar-refractivity contribution in [2.24, 2.45) is 5.41 Å². The lowest BCUT2D eigenvalue weighted by molar-refractivity contribution is -0.0994. The van der Waals surface area contributed by atoms with Crippen LogP contribution in [0, 0.1) is 5.41 Å². The standard InChI is InChI=1S/C14H26N2/c1-13(7-9-15-10-8-13)16-11-14(12-16)5-3-2-4-6-14/h15H,2-12H2,1H3. The molecule has 2 heterocycles. The van der Waals surface area contributed by atoms with E-state index < -0.39 is 0 Å². The summed E-state index contributed by atoms with van der Waals surface area (Å²) in [7, 11) is 0. The molecule has 0 aromatic carbocycles. The molecule has 0 bridgehead atoms. The van der Waals surface area contributed by atoms with E-state index in [1.54, 1.807) is 0 Å². The van der Waals surface area contributed by atoms with E-state index in [2.05, 4.69) is 17.1 Å². The molecule has 3 fully saturated rings. The van der Waals surface area contributed by atoms with E-state index in [1.807, 2.05) is 0 Å². The molecule has 1 saturated carbocycles. The molecule has 1 aliphatic carbocycles. The molecule has 1 spiro atoms. The smallest absolute Gasteiger partial charge is 0.0206 e. The first-order valence-corrected chi connectivity index (χ1v) is 7.18. The van der Waals surface area contributed by atoms with Crippen LogP contribution in [0.15, 0.2) is 0 Å². The third-order valence-electron chi connectivity index (χ3n) is 5.41. The number of hydrogen-bond donors (Lipinski definition) is 1. The van der Waals surface area contributed by atoms with Gasteiger partial charge in [-0.25, -0.2) is 0 Å². The average molecular weight is 222 g/mol. The molecule has 92 valence electrons. The first-order valence-electron chi connectivity index (χ1n) is 7.18. The lowest BCUT2D eigenvalue weighted by Crippen LogP contribution is -2.66. The summed E-state index contributed by atoms with van der Waals surface area (Å²) < 4.78 is 0. The molecule has 2 nitrogen and oxygen atoms in total. The molecular weight excluding hydrogens is 196 g/mol. The van der Waals surface area contributed by atoms with E-state index >= 15 is 0 Å². The van der Waals surface area contributed by atoms with Crippen LogP contribution in [0.2, 0.25) is 0 Å². The summed E-state index contributed by atoms with van der Waals surface area (Å²) in [6.07, 6.45) is 10.2. The maximum atomic E-state index is 3.49. The Morgan fingerprint density at radius 3 is 2.12 bits per heavy atom. The SMILES string of the molecule is CC1(N2CC3(CCCCC3)C2)CCNCC1. The zero-order valence-electron chi connectivity index (χ0n) is 10.7. The summed E-state index contributed by atoms with van der Waals surface area (Å²) in [6.45, 7) is 7.75. The third-order valence-corrected chi connectivity index (χ3v) is 5.41. The Morgan fingerprint density at radius 1 is 0.875 bits per heavy atom. The Bertz CT molecular complexity index is 241. The van der Waals surface area contributed by atoms with E-state index in [-0.39, 0.29) is 0 Å². The maximum Gasteiger partial charge on any atom is 0.0206 e. The highest BCUT2D eigenvalue weighted by atomic mass is 15.3. The Morgan fingerprint density at radius 2 is 1.50 bits per heavy atom. The normalized spacial score (nSPS) is 33.6. The van der Waals surface area contributed by atoms with Gasteiger partial charge < -0.3 is 5.32 Å². The van der Waals surface area contributed by atoms with Crippen molar-refractivity contribution in [2.45, 2.75) is 57.4 Å². The average Bonchev–Trinajstić information content (AvgIpc) is 2.28. The lowest BCUT2D eigenvalue weighted by Gasteiger charge is -2.60. The highest BCUT2D eigenvalue weighted by Gasteiger charge is 2.49. The van der Waals surface area contributed by atoms with Gasteiger partial charge >= 0.3 is 0 Å². The summed E-state index contributed by atoms with van der Waals surface area (Å²) >= 11 is 0. The van der Waals surface area contributed by atoms with Crippen LogP contribution in [0.1, 0.15) is 51.9 Å². The van der Waals surface area contributed by atoms with E-state index in [0.29, 0.717) is 5.54 Å². The molecule has 0 aromatic heterocycles. The fourth-order valence-corrected chi connectivity index (χ4v) is 4.04. The van der Waals surface area contributed by atoms with Gasteiger partial charge in [-0.2, -0.15) is 0 Å². The molecule has 2 aliphatic heterocycles. The molecule has 2 heteroatoms. The Labute approximate surface area is 99.8 Å². The second-order valence-electron chi connectivity index (χ2n) is 6.66. The van der Waals surface area contributed by atoms with Crippen LogP contribution < -0.4 is 5.32 Å². The third kappa shape index (κ3) is 1.80. The van der Waals surface area contributed by atoms with Crippen LogP contribution in [0.25, 0.3) is 0 Å². The summed E-state index contributed by atoms with van der Waals surface area (Å²) in [6, 6.07) is 0. The topological polar surface area (TPSA) is 15.3 Å². The molecule has 3 aliphatic rings. The Hall–Kier alpha value is -0.0800. The van der Waals surface area contributed by atoms with Crippen LogP contribution in [0.3, 0.4) is 0 Å². The van der Waals surface area contributed by atoms with Crippen LogP contribution in [0.4, 0.5) is 0 Å². The zero-order valence-corrected chi connectivity index (χ0v) is 10.7. The fourth-order valence-electron chi connectivity index (χ4n) is 4.04. The largest absolute Gasteiger partial charge is 0.317 e. The summed E-state index contributed by atoms with van der Waals surface area (Å²) in [5.74, 6) is 0. The molecule has 0 amide bonds. The quantitative estimate of drug-likeness (QED) is 0.733. The molecule has 16 heavy (non-hydrogen) atoms. The van der Waals surface area contributed by atoms with Crippen molar-refractivity contribution < 1.29 is 0 Å². The van der Waals surface area contributed by atoms with Crippen molar-refractivity contribution in [3.63, 3.8) is 0 Å². The second-order valence-corrected chi connectivity index (χ2v) is 6.66. The molecular formula is C14H26N2. The van der Waals surface area contributed by atoms with Crippen molar-refractivity contribution in [3.8, 4) is 0 Å². The highest BCUT2D eigenvalue weighted by molar-refractivity contribution is 5.04. The highest BCUT2D eigenvalue weighted by Crippen LogP contribution is 2.47. The summed E-state index contributed by atoms with van der Waals surface area (Å²) in [4.78, 5) is 2.79. The van der Waals surface area contributed by atoms with Gasteiger partial charge in [0.25, 0.3) is 0 Å². The minimum atomic E-state index is 0.522. The van der Waals surface area contributed by atoms with Gasteiger partial charge in [0, 0.05) is 18.6 Å². The summed E-state index contributed by atoms with van der Waals surface area (Å²) in [5, 5.41) is 3.49. The lowest BCUT2D eigenvalue weighted by atomic mass is 9.66. The first-order chi connectivity index (χ1) is 7.73. The predicted octanol–water partition coefficient (Wildman–Crippen LogP) is 2.39. The van der Waals surface area contributed by atoms with E-state index in [1.165, 1.54) is 71.1 Å². The molecule has 3 rings (SSSR count). The number of rotatable bonds is 1. The van der Waals surface area contributed by atoms with Gasteiger partial charge in [-0.15, -0.1) is 0 Å². The summed E-state index contributed by atoms with van der Waals surface area (Å²) in [5.41, 5.74) is 1.28. The minimum absolute atomic E-state index is 0.522. The minimum Gasteiger partial charge on any atom is -0.317 e. The fraction of sp³-hybridized carbons (Fsp3) is 1.00. The van der Waals surface area contributed by atoms with Gasteiger partial charge in [-0.05, 0) is 51.1 Å².